The Kier molecular flexibility index (Phi) is 4.72. The number of aromatic nitrogens is 3. The summed E-state index contributed by atoms with van der Waals surface area (Å²) in [6.07, 6.45) is 5.05. The highest BCUT2D eigenvalue weighted by Gasteiger charge is 2.30. The van der Waals surface area contributed by atoms with Crippen LogP contribution in [0.1, 0.15) is 34.6 Å². The predicted molar refractivity (Wildman–Crippen MR) is 104 cm³/mol. The van der Waals surface area contributed by atoms with Gasteiger partial charge < -0.3 is 13.9 Å². The van der Waals surface area contributed by atoms with E-state index >= 15 is 0 Å². The number of nitrogens with zero attached hydrogens (tertiary/aromatic N) is 5. The first-order chi connectivity index (χ1) is 13.5. The van der Waals surface area contributed by atoms with Crippen molar-refractivity contribution in [1.29, 1.82) is 0 Å². The number of furan rings is 1. The van der Waals surface area contributed by atoms with Gasteiger partial charge >= 0.3 is 0 Å². The van der Waals surface area contributed by atoms with Gasteiger partial charge in [0.15, 0.2) is 0 Å². The van der Waals surface area contributed by atoms with Crippen molar-refractivity contribution in [3.63, 3.8) is 0 Å². The fourth-order valence-corrected chi connectivity index (χ4v) is 3.75. The zero-order valence-electron chi connectivity index (χ0n) is 16.3. The second-order valence-electron chi connectivity index (χ2n) is 7.16. The first-order valence-electron chi connectivity index (χ1n) is 9.35. The minimum atomic E-state index is -0.269. The van der Waals surface area contributed by atoms with Gasteiger partial charge in [-0.3, -0.25) is 19.5 Å². The van der Waals surface area contributed by atoms with Crippen molar-refractivity contribution in [2.75, 3.05) is 26.2 Å². The molecule has 28 heavy (non-hydrogen) atoms. The molecule has 0 aliphatic carbocycles. The molecule has 1 unspecified atom stereocenters. The molecule has 1 fully saturated rings. The molecule has 0 spiro atoms. The fraction of sp³-hybridized carbons (Fsp3) is 0.400. The second-order valence-corrected chi connectivity index (χ2v) is 7.16. The second kappa shape index (κ2) is 7.20. The average Bonchev–Trinajstić information content (AvgIpc) is 3.07. The van der Waals surface area contributed by atoms with E-state index in [1.54, 1.807) is 25.1 Å². The Balaban J connectivity index is 1.54. The van der Waals surface area contributed by atoms with Crippen LogP contribution < -0.4 is 5.56 Å². The summed E-state index contributed by atoms with van der Waals surface area (Å²) in [5.74, 6) is 0.261. The lowest BCUT2D eigenvalue weighted by Crippen LogP contribution is -2.49. The van der Waals surface area contributed by atoms with E-state index < -0.39 is 0 Å². The summed E-state index contributed by atoms with van der Waals surface area (Å²) in [5, 5.41) is 0.263. The molecule has 4 heterocycles. The van der Waals surface area contributed by atoms with Crippen molar-refractivity contribution in [1.82, 2.24) is 24.3 Å². The van der Waals surface area contributed by atoms with Crippen LogP contribution in [0.15, 0.2) is 40.1 Å². The highest BCUT2D eigenvalue weighted by molar-refractivity contribution is 6.06. The van der Waals surface area contributed by atoms with E-state index in [-0.39, 0.29) is 28.6 Å². The van der Waals surface area contributed by atoms with Crippen molar-refractivity contribution < 1.29 is 9.21 Å². The number of carbonyl (C=O) groups excluding carboxylic acids is 1. The van der Waals surface area contributed by atoms with Crippen molar-refractivity contribution in [2.45, 2.75) is 19.9 Å². The number of fused-ring (bicyclic) bond motifs is 1. The van der Waals surface area contributed by atoms with Crippen LogP contribution >= 0.6 is 0 Å². The van der Waals surface area contributed by atoms with Crippen LogP contribution in [0.4, 0.5) is 0 Å². The third-order valence-electron chi connectivity index (χ3n) is 5.48. The molecule has 3 aromatic rings. The predicted octanol–water partition coefficient (Wildman–Crippen LogP) is 1.75. The van der Waals surface area contributed by atoms with E-state index in [1.807, 2.05) is 12.3 Å². The average molecular weight is 381 g/mol. The number of rotatable bonds is 3. The van der Waals surface area contributed by atoms with Gasteiger partial charge in [-0.2, -0.15) is 0 Å². The van der Waals surface area contributed by atoms with E-state index in [2.05, 4.69) is 27.9 Å². The van der Waals surface area contributed by atoms with Crippen LogP contribution in [-0.2, 0) is 7.05 Å². The lowest BCUT2D eigenvalue weighted by molar-refractivity contribution is 0.0581. The van der Waals surface area contributed by atoms with Crippen molar-refractivity contribution >= 4 is 17.0 Å². The normalized spacial score (nSPS) is 16.5. The Hall–Kier alpha value is -3.00. The van der Waals surface area contributed by atoms with Gasteiger partial charge in [0.25, 0.3) is 11.5 Å². The zero-order valence-corrected chi connectivity index (χ0v) is 16.3. The molecule has 1 saturated heterocycles. The Morgan fingerprint density at radius 1 is 1.25 bits per heavy atom. The Labute approximate surface area is 162 Å². The highest BCUT2D eigenvalue weighted by atomic mass is 16.3. The Bertz CT molecular complexity index is 1060. The molecule has 1 atom stereocenters. The maximum atomic E-state index is 13.2. The van der Waals surface area contributed by atoms with Crippen LogP contribution in [-0.4, -0.2) is 56.4 Å². The molecule has 8 nitrogen and oxygen atoms in total. The molecule has 8 heteroatoms. The summed E-state index contributed by atoms with van der Waals surface area (Å²) >= 11 is 0. The standard InChI is InChI=1S/C20H23N5O3/c1-13(15-5-4-6-21-11-15)24-7-9-25(10-8-24)20(27)16-14(2)28-18-17(16)19(26)23(3)12-22-18/h4-6,11-13H,7-10H2,1-3H3. The van der Waals surface area contributed by atoms with Crippen LogP contribution in [0.25, 0.3) is 11.1 Å². The Morgan fingerprint density at radius 3 is 2.68 bits per heavy atom. The number of piperazine rings is 1. The largest absolute Gasteiger partial charge is 0.442 e. The van der Waals surface area contributed by atoms with Gasteiger partial charge in [0.05, 0.1) is 5.56 Å². The molecule has 0 N–H and O–H groups in total. The summed E-state index contributed by atoms with van der Waals surface area (Å²) < 4.78 is 6.94. The molecule has 3 aromatic heterocycles. The minimum absolute atomic E-state index is 0.171. The van der Waals surface area contributed by atoms with Gasteiger partial charge in [-0.1, -0.05) is 6.07 Å². The van der Waals surface area contributed by atoms with Crippen LogP contribution in [0.3, 0.4) is 0 Å². The molecule has 146 valence electrons. The monoisotopic (exact) mass is 381 g/mol. The number of aryl methyl sites for hydroxylation is 2. The quantitative estimate of drug-likeness (QED) is 0.687. The first-order valence-corrected chi connectivity index (χ1v) is 9.35. The van der Waals surface area contributed by atoms with Crippen molar-refractivity contribution in [3.05, 3.63) is 58.1 Å². The van der Waals surface area contributed by atoms with Gasteiger partial charge in [0.2, 0.25) is 5.71 Å². The molecule has 0 radical (unpaired) electrons. The Morgan fingerprint density at radius 2 is 2.00 bits per heavy atom. The number of hydrogen-bond donors (Lipinski definition) is 0. The van der Waals surface area contributed by atoms with Gasteiger partial charge in [-0.25, -0.2) is 4.98 Å². The smallest absolute Gasteiger partial charge is 0.265 e. The third kappa shape index (κ3) is 3.09. The molecule has 4 rings (SSSR count). The minimum Gasteiger partial charge on any atom is -0.442 e. The summed E-state index contributed by atoms with van der Waals surface area (Å²) in [6.45, 7) is 6.55. The van der Waals surface area contributed by atoms with Gasteiger partial charge in [0, 0.05) is 51.7 Å². The number of amides is 1. The summed E-state index contributed by atoms with van der Waals surface area (Å²) in [6, 6.07) is 4.24. The molecule has 1 aliphatic heterocycles. The van der Waals surface area contributed by atoms with E-state index in [1.165, 1.54) is 10.9 Å². The van der Waals surface area contributed by atoms with Crippen molar-refractivity contribution in [2.24, 2.45) is 7.05 Å². The van der Waals surface area contributed by atoms with Crippen LogP contribution in [0.2, 0.25) is 0 Å². The van der Waals surface area contributed by atoms with Gasteiger partial charge in [-0.15, -0.1) is 0 Å². The van der Waals surface area contributed by atoms with E-state index in [9.17, 15) is 9.59 Å². The maximum absolute atomic E-state index is 13.2. The molecule has 1 amide bonds. The van der Waals surface area contributed by atoms with Crippen molar-refractivity contribution in [3.8, 4) is 0 Å². The molecule has 0 aromatic carbocycles. The lowest BCUT2D eigenvalue weighted by Gasteiger charge is -2.38. The van der Waals surface area contributed by atoms with Gasteiger partial charge in [0.1, 0.15) is 17.5 Å². The summed E-state index contributed by atoms with van der Waals surface area (Å²) in [4.78, 5) is 38.1. The zero-order chi connectivity index (χ0) is 19.8. The van der Waals surface area contributed by atoms with E-state index in [0.717, 1.165) is 18.7 Å². The third-order valence-corrected chi connectivity index (χ3v) is 5.48. The van der Waals surface area contributed by atoms with Crippen LogP contribution in [0.5, 0.6) is 0 Å². The molecular weight excluding hydrogens is 358 g/mol. The topological polar surface area (TPSA) is 84.5 Å². The lowest BCUT2D eigenvalue weighted by atomic mass is 10.1. The molecule has 0 saturated carbocycles. The highest BCUT2D eigenvalue weighted by Crippen LogP contribution is 2.25. The number of carbonyl (C=O) groups is 1. The fourth-order valence-electron chi connectivity index (χ4n) is 3.75. The molecular formula is C20H23N5O3. The summed E-state index contributed by atoms with van der Waals surface area (Å²) in [7, 11) is 1.62. The first kappa shape index (κ1) is 18.4. The SMILES string of the molecule is Cc1oc2ncn(C)c(=O)c2c1C(=O)N1CCN(C(C)c2cccnc2)CC1. The van der Waals surface area contributed by atoms with E-state index in [0.29, 0.717) is 24.4 Å². The number of pyridine rings is 1. The molecule has 1 aliphatic rings. The van der Waals surface area contributed by atoms with E-state index in [4.69, 9.17) is 4.42 Å². The maximum Gasteiger partial charge on any atom is 0.265 e. The molecule has 0 bridgehead atoms. The number of hydrogen-bond acceptors (Lipinski definition) is 6. The van der Waals surface area contributed by atoms with Gasteiger partial charge in [-0.05, 0) is 25.5 Å². The summed E-state index contributed by atoms with van der Waals surface area (Å²) in [5.41, 5.74) is 1.44. The van der Waals surface area contributed by atoms with Crippen LogP contribution in [0, 0.1) is 6.92 Å².